The molecule has 5 nitrogen and oxygen atoms in total. The summed E-state index contributed by atoms with van der Waals surface area (Å²) in [6.45, 7) is 0. The first-order valence-corrected chi connectivity index (χ1v) is 3.48. The molecule has 0 radical (unpaired) electrons. The van der Waals surface area contributed by atoms with Crippen molar-refractivity contribution in [3.63, 3.8) is 0 Å². The third-order valence-corrected chi connectivity index (χ3v) is 1.58. The summed E-state index contributed by atoms with van der Waals surface area (Å²) in [4.78, 5) is 19.2. The van der Waals surface area contributed by atoms with Crippen molar-refractivity contribution in [1.82, 2.24) is 0 Å². The average Bonchev–Trinajstić information content (AvgIpc) is 2.10. The normalized spacial score (nSPS) is 10.1. The largest absolute Gasteiger partial charge is 0.366 e. The first-order valence-electron chi connectivity index (χ1n) is 3.48. The summed E-state index contributed by atoms with van der Waals surface area (Å²) in [5.74, 6) is -6.96. The molecular weight excluding hydrogens is 217 g/mol. The predicted molar refractivity (Wildman–Crippen MR) is 41.5 cm³/mol. The van der Waals surface area contributed by atoms with Crippen LogP contribution >= 0.6 is 0 Å². The van der Waals surface area contributed by atoms with Crippen molar-refractivity contribution in [2.24, 2.45) is 5.73 Å². The van der Waals surface area contributed by atoms with Gasteiger partial charge in [-0.1, -0.05) is 0 Å². The van der Waals surface area contributed by atoms with Crippen LogP contribution < -0.4 is 5.73 Å². The van der Waals surface area contributed by atoms with E-state index in [2.05, 4.69) is 5.73 Å². The first-order chi connectivity index (χ1) is 6.86. The van der Waals surface area contributed by atoms with Crippen molar-refractivity contribution in [3.8, 4) is 0 Å². The molecule has 0 spiro atoms. The van der Waals surface area contributed by atoms with Crippen LogP contribution in [0.25, 0.3) is 0 Å². The van der Waals surface area contributed by atoms with Gasteiger partial charge in [-0.3, -0.25) is 14.9 Å². The van der Waals surface area contributed by atoms with E-state index in [0.717, 1.165) is 0 Å². The highest BCUT2D eigenvalue weighted by Gasteiger charge is 2.29. The molecule has 1 rings (SSSR count). The Kier molecular flexibility index (Phi) is 2.60. The number of nitro groups is 1. The first kappa shape index (κ1) is 11.0. The van der Waals surface area contributed by atoms with Crippen LogP contribution in [-0.4, -0.2) is 10.8 Å². The van der Waals surface area contributed by atoms with Gasteiger partial charge in [-0.05, 0) is 6.07 Å². The number of primary amides is 1. The van der Waals surface area contributed by atoms with Crippen LogP contribution in [0.5, 0.6) is 0 Å². The number of carbonyl (C=O) groups is 1. The quantitative estimate of drug-likeness (QED) is 0.460. The second-order valence-corrected chi connectivity index (χ2v) is 2.50. The summed E-state index contributed by atoms with van der Waals surface area (Å²) in [5, 5.41) is 10.1. The number of nitrogens with zero attached hydrogens (tertiary/aromatic N) is 1. The van der Waals surface area contributed by atoms with Crippen molar-refractivity contribution >= 4 is 11.6 Å². The number of hydrogen-bond donors (Lipinski definition) is 1. The lowest BCUT2D eigenvalue weighted by Crippen LogP contribution is -2.15. The Hall–Kier alpha value is -2.12. The maximum absolute atomic E-state index is 12.9. The molecular formula is C7H3F3N2O3. The highest BCUT2D eigenvalue weighted by atomic mass is 19.2. The van der Waals surface area contributed by atoms with Crippen molar-refractivity contribution < 1.29 is 22.9 Å². The highest BCUT2D eigenvalue weighted by Crippen LogP contribution is 2.25. The topological polar surface area (TPSA) is 86.2 Å². The number of carbonyl (C=O) groups excluding carboxylic acids is 1. The van der Waals surface area contributed by atoms with Crippen LogP contribution in [0.2, 0.25) is 0 Å². The lowest BCUT2D eigenvalue weighted by molar-refractivity contribution is -0.390. The van der Waals surface area contributed by atoms with Gasteiger partial charge in [-0.2, -0.15) is 8.78 Å². The van der Waals surface area contributed by atoms with Gasteiger partial charge < -0.3 is 5.73 Å². The van der Waals surface area contributed by atoms with Gasteiger partial charge in [0, 0.05) is 0 Å². The Morgan fingerprint density at radius 1 is 1.33 bits per heavy atom. The third-order valence-electron chi connectivity index (χ3n) is 1.58. The number of benzene rings is 1. The zero-order chi connectivity index (χ0) is 11.7. The zero-order valence-electron chi connectivity index (χ0n) is 6.96. The molecule has 0 aromatic heterocycles. The van der Waals surface area contributed by atoms with Gasteiger partial charge in [0.2, 0.25) is 11.6 Å². The highest BCUT2D eigenvalue weighted by molar-refractivity contribution is 5.93. The average molecular weight is 220 g/mol. The van der Waals surface area contributed by atoms with Crippen LogP contribution in [-0.2, 0) is 0 Å². The van der Waals surface area contributed by atoms with Crippen LogP contribution in [0.3, 0.4) is 0 Å². The molecule has 2 N–H and O–H groups in total. The Morgan fingerprint density at radius 2 is 1.87 bits per heavy atom. The molecule has 0 aliphatic rings. The molecule has 0 unspecified atom stereocenters. The fourth-order valence-corrected chi connectivity index (χ4v) is 0.932. The van der Waals surface area contributed by atoms with Crippen molar-refractivity contribution in [2.45, 2.75) is 0 Å². The summed E-state index contributed by atoms with van der Waals surface area (Å²) in [6.07, 6.45) is 0. The molecule has 0 heterocycles. The number of halogens is 3. The molecule has 80 valence electrons. The van der Waals surface area contributed by atoms with Gasteiger partial charge >= 0.3 is 5.69 Å². The molecule has 0 atom stereocenters. The number of rotatable bonds is 2. The Morgan fingerprint density at radius 3 is 2.27 bits per heavy atom. The van der Waals surface area contributed by atoms with Gasteiger partial charge in [0.15, 0.2) is 5.82 Å². The Bertz CT molecular complexity index is 461. The number of amides is 1. The number of hydrogen-bond acceptors (Lipinski definition) is 3. The fraction of sp³-hybridized carbons (Fsp3) is 0. The molecule has 0 aliphatic heterocycles. The van der Waals surface area contributed by atoms with Crippen LogP contribution in [0.1, 0.15) is 10.4 Å². The van der Waals surface area contributed by atoms with Gasteiger partial charge in [0.05, 0.1) is 10.5 Å². The summed E-state index contributed by atoms with van der Waals surface area (Å²) in [7, 11) is 0. The lowest BCUT2D eigenvalue weighted by atomic mass is 10.1. The standard InChI is InChI=1S/C7H3F3N2O3/c8-3-1-2(7(11)13)4(9)5(10)6(3)12(14)15/h1H,(H2,11,13). The summed E-state index contributed by atoms with van der Waals surface area (Å²) in [5.41, 5.74) is 1.87. The SMILES string of the molecule is NC(=O)c1cc(F)c([N+](=O)[O-])c(F)c1F. The van der Waals surface area contributed by atoms with Crippen molar-refractivity contribution in [2.75, 3.05) is 0 Å². The van der Waals surface area contributed by atoms with Gasteiger partial charge in [0.1, 0.15) is 0 Å². The summed E-state index contributed by atoms with van der Waals surface area (Å²) < 4.78 is 38.6. The van der Waals surface area contributed by atoms with Crippen molar-refractivity contribution in [3.05, 3.63) is 39.2 Å². The van der Waals surface area contributed by atoms with E-state index < -0.39 is 39.5 Å². The maximum Gasteiger partial charge on any atom is 0.343 e. The van der Waals surface area contributed by atoms with Gasteiger partial charge in [-0.15, -0.1) is 0 Å². The van der Waals surface area contributed by atoms with Gasteiger partial charge in [0.25, 0.3) is 5.91 Å². The maximum atomic E-state index is 12.9. The van der Waals surface area contributed by atoms with E-state index in [1.165, 1.54) is 0 Å². The molecule has 15 heavy (non-hydrogen) atoms. The monoisotopic (exact) mass is 220 g/mol. The zero-order valence-corrected chi connectivity index (χ0v) is 6.96. The molecule has 0 saturated heterocycles. The van der Waals surface area contributed by atoms with E-state index in [9.17, 15) is 28.1 Å². The van der Waals surface area contributed by atoms with Gasteiger partial charge in [-0.25, -0.2) is 4.39 Å². The lowest BCUT2D eigenvalue weighted by Gasteiger charge is -2.01. The molecule has 1 amide bonds. The van der Waals surface area contributed by atoms with E-state index in [1.807, 2.05) is 0 Å². The molecule has 0 saturated carbocycles. The van der Waals surface area contributed by atoms with E-state index in [4.69, 9.17) is 0 Å². The van der Waals surface area contributed by atoms with E-state index >= 15 is 0 Å². The Labute approximate surface area is 80.4 Å². The summed E-state index contributed by atoms with van der Waals surface area (Å²) >= 11 is 0. The second kappa shape index (κ2) is 3.56. The summed E-state index contributed by atoms with van der Waals surface area (Å²) in [6, 6.07) is 0.179. The fourth-order valence-electron chi connectivity index (χ4n) is 0.932. The Balaban J connectivity index is 3.58. The van der Waals surface area contributed by atoms with Crippen molar-refractivity contribution in [1.29, 1.82) is 0 Å². The molecule has 0 fully saturated rings. The minimum Gasteiger partial charge on any atom is -0.366 e. The van der Waals surface area contributed by atoms with E-state index in [1.54, 1.807) is 0 Å². The molecule has 8 heteroatoms. The van der Waals surface area contributed by atoms with E-state index in [0.29, 0.717) is 0 Å². The van der Waals surface area contributed by atoms with Crippen LogP contribution in [0, 0.1) is 27.6 Å². The van der Waals surface area contributed by atoms with E-state index in [-0.39, 0.29) is 6.07 Å². The van der Waals surface area contributed by atoms with Crippen LogP contribution in [0.4, 0.5) is 18.9 Å². The molecule has 1 aromatic rings. The molecule has 0 bridgehead atoms. The third kappa shape index (κ3) is 1.73. The molecule has 0 aliphatic carbocycles. The smallest absolute Gasteiger partial charge is 0.343 e. The second-order valence-electron chi connectivity index (χ2n) is 2.50. The number of nitrogens with two attached hydrogens (primary N) is 1. The number of nitro benzene ring substituents is 1. The minimum atomic E-state index is -2.05. The van der Waals surface area contributed by atoms with Crippen LogP contribution in [0.15, 0.2) is 6.07 Å². The minimum absolute atomic E-state index is 0.179. The molecule has 1 aromatic carbocycles. The predicted octanol–water partition coefficient (Wildman–Crippen LogP) is 1.11.